The summed E-state index contributed by atoms with van der Waals surface area (Å²) in [6, 6.07) is 2.95. The number of ether oxygens (including phenoxy) is 1. The van der Waals surface area contributed by atoms with Gasteiger partial charge in [0.1, 0.15) is 16.7 Å². The van der Waals surface area contributed by atoms with E-state index in [-0.39, 0.29) is 34.9 Å². The van der Waals surface area contributed by atoms with Gasteiger partial charge in [-0.15, -0.1) is 0 Å². The average Bonchev–Trinajstić information content (AvgIpc) is 2.94. The Kier molecular flexibility index (Phi) is 10.6. The number of aromatic hydroxyl groups is 1. The lowest BCUT2D eigenvalue weighted by Gasteiger charge is -2.48. The number of nitrogens with one attached hydrogen (secondary N) is 4. The third kappa shape index (κ3) is 7.11. The van der Waals surface area contributed by atoms with Crippen LogP contribution >= 0.6 is 11.8 Å². The Labute approximate surface area is 240 Å². The number of halogens is 2. The number of benzene rings is 1. The largest absolute Gasteiger partial charge is 0.503 e. The molecule has 1 aromatic heterocycles. The van der Waals surface area contributed by atoms with E-state index in [1.165, 1.54) is 11.0 Å². The second kappa shape index (κ2) is 13.7. The van der Waals surface area contributed by atoms with Crippen LogP contribution in [0.5, 0.6) is 5.75 Å². The quantitative estimate of drug-likeness (QED) is 0.169. The highest BCUT2D eigenvalue weighted by molar-refractivity contribution is 8.26. The molecule has 0 spiro atoms. The topological polar surface area (TPSA) is 163 Å². The lowest BCUT2D eigenvalue weighted by molar-refractivity contribution is 0.00361. The third-order valence-electron chi connectivity index (χ3n) is 6.90. The molecule has 0 unspecified atom stereocenters. The van der Waals surface area contributed by atoms with E-state index in [1.807, 2.05) is 6.92 Å². The molecule has 41 heavy (non-hydrogen) atoms. The van der Waals surface area contributed by atoms with Crippen LogP contribution in [0.1, 0.15) is 54.7 Å². The predicted octanol–water partition coefficient (Wildman–Crippen LogP) is 3.66. The first kappa shape index (κ1) is 31.7. The standard InChI is InChI=1S/C27H34F2N6O5S/c1-4-10-35(27(32-3)8-11-34(12-9-27)26(39)40-5-2)25(38)21-23(37)22(36)18(15-33-21)24(31)41-20(30)13-16-6-7-17(28)14-19(16)29/h6-7,14-15,30-32,37H,4-5,8-13H2,1-3H3,(H,33,36). The molecule has 1 aromatic carbocycles. The molecule has 2 heterocycles. The first-order valence-corrected chi connectivity index (χ1v) is 13.9. The minimum absolute atomic E-state index is 0.0527. The second-order valence-corrected chi connectivity index (χ2v) is 10.6. The molecule has 1 aliphatic heterocycles. The molecule has 1 fully saturated rings. The fourth-order valence-electron chi connectivity index (χ4n) is 4.70. The number of piperidine rings is 1. The van der Waals surface area contributed by atoms with Gasteiger partial charge < -0.3 is 24.6 Å². The summed E-state index contributed by atoms with van der Waals surface area (Å²) in [5, 5.41) is 29.8. The summed E-state index contributed by atoms with van der Waals surface area (Å²) in [5.41, 5.74) is -2.41. The first-order chi connectivity index (χ1) is 19.5. The minimum atomic E-state index is -0.975. The van der Waals surface area contributed by atoms with Gasteiger partial charge in [0.15, 0.2) is 11.4 Å². The molecule has 0 saturated carbocycles. The van der Waals surface area contributed by atoms with E-state index < -0.39 is 45.5 Å². The van der Waals surface area contributed by atoms with Gasteiger partial charge in [0, 0.05) is 51.2 Å². The van der Waals surface area contributed by atoms with Gasteiger partial charge >= 0.3 is 6.09 Å². The summed E-state index contributed by atoms with van der Waals surface area (Å²) in [7, 11) is 1.70. The van der Waals surface area contributed by atoms with Crippen molar-refractivity contribution >= 4 is 33.8 Å². The number of carbonyl (C=O) groups is 2. The SMILES string of the molecule is CCCN(C(=O)c1[nH]cc(C(=N)SC(=N)Cc2ccc(F)cc2F)c(=O)c1O)C1(NC)CCN(C(=O)OCC)CC1. The highest BCUT2D eigenvalue weighted by Crippen LogP contribution is 2.30. The maximum Gasteiger partial charge on any atom is 0.409 e. The predicted molar refractivity (Wildman–Crippen MR) is 152 cm³/mol. The van der Waals surface area contributed by atoms with Gasteiger partial charge in [-0.1, -0.05) is 24.8 Å². The van der Waals surface area contributed by atoms with Crippen molar-refractivity contribution in [3.63, 3.8) is 0 Å². The molecule has 0 aliphatic carbocycles. The van der Waals surface area contributed by atoms with E-state index >= 15 is 0 Å². The fraction of sp³-hybridized carbons (Fsp3) is 0.444. The van der Waals surface area contributed by atoms with Crippen molar-refractivity contribution in [2.24, 2.45) is 0 Å². The number of H-pyrrole nitrogens is 1. The summed E-state index contributed by atoms with van der Waals surface area (Å²) < 4.78 is 32.2. The monoisotopic (exact) mass is 592 g/mol. The first-order valence-electron chi connectivity index (χ1n) is 13.1. The van der Waals surface area contributed by atoms with Crippen molar-refractivity contribution in [3.8, 4) is 5.75 Å². The van der Waals surface area contributed by atoms with Crippen LogP contribution in [0.4, 0.5) is 13.6 Å². The van der Waals surface area contributed by atoms with Crippen LogP contribution in [0.15, 0.2) is 29.2 Å². The molecular formula is C27H34F2N6O5S. The number of carbonyl (C=O) groups excluding carboxylic acids is 2. The number of thioether (sulfide) groups is 1. The number of rotatable bonds is 9. The summed E-state index contributed by atoms with van der Waals surface area (Å²) in [6.45, 7) is 4.81. The minimum Gasteiger partial charge on any atom is -0.503 e. The fourth-order valence-corrected chi connectivity index (χ4v) is 5.44. The molecule has 11 nitrogen and oxygen atoms in total. The summed E-state index contributed by atoms with van der Waals surface area (Å²) in [5.74, 6) is -3.09. The van der Waals surface area contributed by atoms with E-state index in [2.05, 4.69) is 10.3 Å². The zero-order chi connectivity index (χ0) is 30.3. The molecular weight excluding hydrogens is 558 g/mol. The molecule has 1 saturated heterocycles. The number of hydrogen-bond acceptors (Lipinski definition) is 9. The van der Waals surface area contributed by atoms with Gasteiger partial charge in [0.2, 0.25) is 5.43 Å². The molecule has 0 atom stereocenters. The van der Waals surface area contributed by atoms with Crippen LogP contribution in [-0.2, 0) is 11.2 Å². The molecule has 2 aromatic rings. The smallest absolute Gasteiger partial charge is 0.409 e. The zero-order valence-electron chi connectivity index (χ0n) is 23.1. The van der Waals surface area contributed by atoms with Crippen LogP contribution in [0.2, 0.25) is 0 Å². The van der Waals surface area contributed by atoms with Crippen LogP contribution in [0.25, 0.3) is 0 Å². The van der Waals surface area contributed by atoms with Gasteiger partial charge in [0.05, 0.1) is 22.9 Å². The van der Waals surface area contributed by atoms with E-state index in [9.17, 15) is 28.3 Å². The van der Waals surface area contributed by atoms with Crippen LogP contribution in [0, 0.1) is 22.5 Å². The molecule has 5 N–H and O–H groups in total. The molecule has 0 radical (unpaired) electrons. The molecule has 0 bridgehead atoms. The van der Waals surface area contributed by atoms with Gasteiger partial charge in [0.25, 0.3) is 5.91 Å². The van der Waals surface area contributed by atoms with Gasteiger partial charge in [-0.05, 0) is 32.0 Å². The molecule has 1 aliphatic rings. The molecule has 14 heteroatoms. The maximum absolute atomic E-state index is 14.0. The van der Waals surface area contributed by atoms with Crippen molar-refractivity contribution in [1.82, 2.24) is 20.1 Å². The van der Waals surface area contributed by atoms with E-state index in [0.29, 0.717) is 56.7 Å². The Hall–Kier alpha value is -3.78. The van der Waals surface area contributed by atoms with Gasteiger partial charge in [-0.3, -0.25) is 25.7 Å². The lowest BCUT2D eigenvalue weighted by atomic mass is 9.94. The highest BCUT2D eigenvalue weighted by atomic mass is 32.2. The number of amides is 2. The Balaban J connectivity index is 1.79. The number of likely N-dealkylation sites (tertiary alicyclic amines) is 1. The summed E-state index contributed by atoms with van der Waals surface area (Å²) in [6.07, 6.45) is 1.81. The maximum atomic E-state index is 14.0. The van der Waals surface area contributed by atoms with Crippen molar-refractivity contribution in [1.29, 1.82) is 10.8 Å². The lowest BCUT2D eigenvalue weighted by Crippen LogP contribution is -2.64. The number of aromatic nitrogens is 1. The molecule has 222 valence electrons. The Bertz CT molecular complexity index is 1380. The number of pyridine rings is 1. The van der Waals surface area contributed by atoms with Gasteiger partial charge in [-0.2, -0.15) is 0 Å². The van der Waals surface area contributed by atoms with Crippen LogP contribution < -0.4 is 10.7 Å². The highest BCUT2D eigenvalue weighted by Gasteiger charge is 2.43. The Morgan fingerprint density at radius 2 is 1.93 bits per heavy atom. The number of aromatic amines is 1. The van der Waals surface area contributed by atoms with Gasteiger partial charge in [-0.25, -0.2) is 13.6 Å². The van der Waals surface area contributed by atoms with Crippen molar-refractivity contribution in [3.05, 3.63) is 63.1 Å². The number of nitrogens with zero attached hydrogens (tertiary/aromatic N) is 2. The number of hydrogen-bond donors (Lipinski definition) is 5. The molecule has 2 amide bonds. The van der Waals surface area contributed by atoms with Crippen molar-refractivity contribution < 1.29 is 28.2 Å². The molecule has 3 rings (SSSR count). The van der Waals surface area contributed by atoms with E-state index in [4.69, 9.17) is 15.6 Å². The van der Waals surface area contributed by atoms with Crippen molar-refractivity contribution in [2.75, 3.05) is 33.3 Å². The summed E-state index contributed by atoms with van der Waals surface area (Å²) >= 11 is 0.571. The van der Waals surface area contributed by atoms with E-state index in [0.717, 1.165) is 12.3 Å². The Morgan fingerprint density at radius 3 is 2.51 bits per heavy atom. The Morgan fingerprint density at radius 1 is 1.24 bits per heavy atom. The van der Waals surface area contributed by atoms with Crippen LogP contribution in [0.3, 0.4) is 0 Å². The van der Waals surface area contributed by atoms with Crippen LogP contribution in [-0.4, -0.2) is 80.9 Å². The summed E-state index contributed by atoms with van der Waals surface area (Å²) in [4.78, 5) is 44.6. The van der Waals surface area contributed by atoms with E-state index in [1.54, 1.807) is 18.9 Å². The zero-order valence-corrected chi connectivity index (χ0v) is 23.9. The third-order valence-corrected chi connectivity index (χ3v) is 7.71. The second-order valence-electron chi connectivity index (χ2n) is 9.45. The average molecular weight is 593 g/mol. The van der Waals surface area contributed by atoms with Crippen molar-refractivity contribution in [2.45, 2.75) is 45.2 Å². The normalized spacial score (nSPS) is 14.4.